The Kier molecular flexibility index (Phi) is 7.94. The van der Waals surface area contributed by atoms with Gasteiger partial charge in [-0.2, -0.15) is 0 Å². The minimum atomic E-state index is -0.842. The zero-order valence-corrected chi connectivity index (χ0v) is 23.9. The van der Waals surface area contributed by atoms with Gasteiger partial charge in [0.2, 0.25) is 6.79 Å². The van der Waals surface area contributed by atoms with Crippen LogP contribution in [0.4, 0.5) is 9.59 Å². The van der Waals surface area contributed by atoms with Crippen molar-refractivity contribution in [3.63, 3.8) is 0 Å². The molecule has 4 aliphatic heterocycles. The number of hydrogen-bond donors (Lipinski definition) is 2. The van der Waals surface area contributed by atoms with E-state index in [1.54, 1.807) is 12.1 Å². The number of nitrogens with zero attached hydrogens (tertiary/aromatic N) is 2. The summed E-state index contributed by atoms with van der Waals surface area (Å²) < 4.78 is 21.2. The average Bonchev–Trinajstić information content (AvgIpc) is 3.65. The number of fused-ring (bicyclic) bond motifs is 1. The van der Waals surface area contributed by atoms with Crippen molar-refractivity contribution in [2.24, 2.45) is 0 Å². The van der Waals surface area contributed by atoms with Gasteiger partial charge in [-0.25, -0.2) is 19.3 Å². The van der Waals surface area contributed by atoms with E-state index in [1.165, 1.54) is 7.11 Å². The van der Waals surface area contributed by atoms with Crippen molar-refractivity contribution >= 4 is 24.0 Å². The fraction of sp³-hybridized carbons (Fsp3) is 0.419. The number of hydrogen-bond acceptors (Lipinski definition) is 9. The topological polar surface area (TPSA) is 136 Å². The summed E-state index contributed by atoms with van der Waals surface area (Å²) in [6, 6.07) is 13.1. The Balaban J connectivity index is 1.07. The Bertz CT molecular complexity index is 1450. The lowest BCUT2D eigenvalue weighted by molar-refractivity contribution is -0.149. The normalized spacial score (nSPS) is 20.8. The van der Waals surface area contributed by atoms with Gasteiger partial charge in [0.15, 0.2) is 11.5 Å². The van der Waals surface area contributed by atoms with E-state index in [1.807, 2.05) is 36.4 Å². The number of esters is 2. The second kappa shape index (κ2) is 12.0. The predicted molar refractivity (Wildman–Crippen MR) is 152 cm³/mol. The quantitative estimate of drug-likeness (QED) is 0.351. The molecule has 2 N–H and O–H groups in total. The Morgan fingerprint density at radius 3 is 2.58 bits per heavy atom. The molecule has 4 aliphatic rings. The molecule has 1 fully saturated rings. The zero-order valence-electron chi connectivity index (χ0n) is 23.9. The summed E-state index contributed by atoms with van der Waals surface area (Å²) in [5.41, 5.74) is 1.73. The maximum Gasteiger partial charge on any atom is 0.338 e. The molecule has 0 aromatic heterocycles. The van der Waals surface area contributed by atoms with Crippen molar-refractivity contribution in [2.45, 2.75) is 37.1 Å². The molecule has 12 nitrogen and oxygen atoms in total. The minimum Gasteiger partial charge on any atom is -0.468 e. The molecule has 4 amide bonds. The number of imide groups is 1. The van der Waals surface area contributed by atoms with E-state index in [4.69, 9.17) is 18.9 Å². The summed E-state index contributed by atoms with van der Waals surface area (Å²) in [4.78, 5) is 55.2. The third-order valence-corrected chi connectivity index (χ3v) is 8.64. The first-order valence-electron chi connectivity index (χ1n) is 14.4. The van der Waals surface area contributed by atoms with Gasteiger partial charge >= 0.3 is 24.0 Å². The van der Waals surface area contributed by atoms with Crippen molar-refractivity contribution in [3.8, 4) is 11.5 Å². The second-order valence-electron chi connectivity index (χ2n) is 11.0. The van der Waals surface area contributed by atoms with E-state index in [0.717, 1.165) is 16.0 Å². The maximum atomic E-state index is 13.4. The summed E-state index contributed by atoms with van der Waals surface area (Å²) in [5, 5.41) is 5.49. The summed E-state index contributed by atoms with van der Waals surface area (Å²) in [6.45, 7) is 2.54. The van der Waals surface area contributed by atoms with E-state index in [0.29, 0.717) is 62.6 Å². The summed E-state index contributed by atoms with van der Waals surface area (Å²) in [6.07, 6.45) is 2.13. The lowest BCUT2D eigenvalue weighted by atomic mass is 9.72. The van der Waals surface area contributed by atoms with Gasteiger partial charge in [0, 0.05) is 6.54 Å². The molecule has 0 saturated carbocycles. The third kappa shape index (κ3) is 5.50. The van der Waals surface area contributed by atoms with E-state index in [2.05, 4.69) is 15.5 Å². The number of urea groups is 2. The minimum absolute atomic E-state index is 0.0373. The first kappa shape index (κ1) is 28.5. The average molecular weight is 591 g/mol. The van der Waals surface area contributed by atoms with Crippen LogP contribution in [0.15, 0.2) is 59.8 Å². The molecule has 0 spiro atoms. The van der Waals surface area contributed by atoms with Crippen LogP contribution in [-0.2, 0) is 30.9 Å². The van der Waals surface area contributed by atoms with E-state index in [9.17, 15) is 19.2 Å². The number of piperidine rings is 1. The first-order valence-corrected chi connectivity index (χ1v) is 14.4. The number of methoxy groups -OCH3 is 1. The summed E-state index contributed by atoms with van der Waals surface area (Å²) in [5.74, 6) is 0.416. The van der Waals surface area contributed by atoms with Gasteiger partial charge in [-0.1, -0.05) is 36.4 Å². The molecule has 0 bridgehead atoms. The van der Waals surface area contributed by atoms with Crippen molar-refractivity contribution in [2.75, 3.05) is 46.7 Å². The van der Waals surface area contributed by atoms with Crippen LogP contribution in [0.5, 0.6) is 11.5 Å². The summed E-state index contributed by atoms with van der Waals surface area (Å²) >= 11 is 0. The van der Waals surface area contributed by atoms with Crippen LogP contribution in [0.25, 0.3) is 0 Å². The molecule has 1 saturated heterocycles. The van der Waals surface area contributed by atoms with Crippen molar-refractivity contribution in [1.29, 1.82) is 0 Å². The molecule has 2 aromatic rings. The van der Waals surface area contributed by atoms with Gasteiger partial charge in [0.1, 0.15) is 6.61 Å². The first-order chi connectivity index (χ1) is 20.9. The van der Waals surface area contributed by atoms with Crippen molar-refractivity contribution in [3.05, 3.63) is 70.9 Å². The predicted octanol–water partition coefficient (Wildman–Crippen LogP) is 2.47. The smallest absolute Gasteiger partial charge is 0.338 e. The van der Waals surface area contributed by atoms with Gasteiger partial charge in [-0.15, -0.1) is 0 Å². The molecule has 0 radical (unpaired) electrons. The molecule has 12 heteroatoms. The van der Waals surface area contributed by atoms with Crippen molar-refractivity contribution < 1.29 is 38.1 Å². The van der Waals surface area contributed by atoms with E-state index < -0.39 is 29.5 Å². The van der Waals surface area contributed by atoms with Gasteiger partial charge in [0.05, 0.1) is 29.8 Å². The lowest BCUT2D eigenvalue weighted by Crippen LogP contribution is -2.58. The van der Waals surface area contributed by atoms with Gasteiger partial charge in [-0.05, 0) is 68.6 Å². The number of amides is 4. The van der Waals surface area contributed by atoms with Crippen LogP contribution >= 0.6 is 0 Å². The van der Waals surface area contributed by atoms with Crippen molar-refractivity contribution in [1.82, 2.24) is 20.4 Å². The Hall–Kier alpha value is -4.58. The van der Waals surface area contributed by atoms with Crippen LogP contribution in [0.3, 0.4) is 0 Å². The number of carbonyl (C=O) groups is 4. The van der Waals surface area contributed by atoms with Gasteiger partial charge < -0.3 is 34.5 Å². The molecule has 0 aliphatic carbocycles. The highest BCUT2D eigenvalue weighted by atomic mass is 16.7. The molecule has 43 heavy (non-hydrogen) atoms. The van der Waals surface area contributed by atoms with Crippen LogP contribution < -0.4 is 20.1 Å². The third-order valence-electron chi connectivity index (χ3n) is 8.64. The molecular weight excluding hydrogens is 556 g/mol. The number of benzene rings is 2. The standard InChI is InChI=1S/C31H34N4O8/c1-40-28(37)31(21-6-3-2-4-7-21)10-14-34(15-11-31)13-5-12-32-29(38)35-23(26-22(33-30(35)39)18-41-27(26)36)16-20-8-9-24-25(17-20)43-19-42-24/h2-4,6-9,17,23H,5,10-16,18-19H2,1H3,(H,32,38)(H,33,39). The monoisotopic (exact) mass is 590 g/mol. The highest BCUT2D eigenvalue weighted by molar-refractivity contribution is 6.02. The zero-order chi connectivity index (χ0) is 30.0. The Morgan fingerprint density at radius 2 is 1.81 bits per heavy atom. The number of ether oxygens (including phenoxy) is 4. The summed E-state index contributed by atoms with van der Waals surface area (Å²) in [7, 11) is 1.43. The molecule has 1 atom stereocenters. The molecule has 226 valence electrons. The number of likely N-dealkylation sites (tertiary alicyclic amines) is 1. The SMILES string of the molecule is COC(=O)C1(c2ccccc2)CCN(CCCNC(=O)N2C(=O)NC3=C(C(=O)OC3)C2Cc2ccc3c(c2)OCO3)CC1. The lowest BCUT2D eigenvalue weighted by Gasteiger charge is -2.40. The fourth-order valence-electron chi connectivity index (χ4n) is 6.34. The number of carbonyl (C=O) groups excluding carboxylic acids is 4. The van der Waals surface area contributed by atoms with E-state index >= 15 is 0 Å². The number of nitrogens with one attached hydrogen (secondary N) is 2. The van der Waals surface area contributed by atoms with Crippen LogP contribution in [0.2, 0.25) is 0 Å². The molecular formula is C31H34N4O8. The van der Waals surface area contributed by atoms with Gasteiger partial charge in [0.25, 0.3) is 0 Å². The van der Waals surface area contributed by atoms with E-state index in [-0.39, 0.29) is 31.4 Å². The molecule has 1 unspecified atom stereocenters. The Labute approximate surface area is 248 Å². The number of cyclic esters (lactones) is 1. The van der Waals surface area contributed by atoms with Gasteiger partial charge in [-0.3, -0.25) is 4.79 Å². The number of rotatable bonds is 8. The Morgan fingerprint density at radius 1 is 1.05 bits per heavy atom. The van der Waals surface area contributed by atoms with Crippen LogP contribution in [0.1, 0.15) is 30.4 Å². The second-order valence-corrected chi connectivity index (χ2v) is 11.0. The largest absolute Gasteiger partial charge is 0.468 e. The van der Waals surface area contributed by atoms with Crippen LogP contribution in [0, 0.1) is 0 Å². The molecule has 2 aromatic carbocycles. The highest BCUT2D eigenvalue weighted by Gasteiger charge is 2.45. The highest BCUT2D eigenvalue weighted by Crippen LogP contribution is 2.37. The fourth-order valence-corrected chi connectivity index (χ4v) is 6.34. The van der Waals surface area contributed by atoms with Crippen LogP contribution in [-0.4, -0.2) is 86.5 Å². The maximum absolute atomic E-state index is 13.4. The molecule has 4 heterocycles. The molecule has 6 rings (SSSR count).